The summed E-state index contributed by atoms with van der Waals surface area (Å²) in [4.78, 5) is 3.82. The van der Waals surface area contributed by atoms with E-state index >= 15 is 0 Å². The summed E-state index contributed by atoms with van der Waals surface area (Å²) in [6.45, 7) is 0. The molecule has 0 atom stereocenters. The molecule has 2 aromatic rings. The summed E-state index contributed by atoms with van der Waals surface area (Å²) in [6.07, 6.45) is 0.968. The number of nitrogen functional groups attached to an aromatic ring is 1. The fourth-order valence-corrected chi connectivity index (χ4v) is 4.12. The highest BCUT2D eigenvalue weighted by atomic mass is 32.2. The molecule has 19 heavy (non-hydrogen) atoms. The van der Waals surface area contributed by atoms with Gasteiger partial charge in [0.25, 0.3) is 0 Å². The van der Waals surface area contributed by atoms with Crippen molar-refractivity contribution in [2.75, 3.05) is 23.5 Å². The molecule has 0 saturated heterocycles. The first kappa shape index (κ1) is 13.8. The highest BCUT2D eigenvalue weighted by Crippen LogP contribution is 2.21. The molecule has 0 amide bonds. The zero-order valence-corrected chi connectivity index (χ0v) is 11.7. The van der Waals surface area contributed by atoms with Crippen molar-refractivity contribution in [3.05, 3.63) is 18.2 Å². The van der Waals surface area contributed by atoms with Crippen LogP contribution < -0.4 is 5.73 Å². The minimum absolute atomic E-state index is 0.284. The standard InChI is InChI=1S/C10H12N2O5S2/c1-18(13,14)4-5-19(15,16)10-12-8-6-7(11)2-3-9(8)17-10/h2-3,6H,4-5,11H2,1H3. The van der Waals surface area contributed by atoms with E-state index in [4.69, 9.17) is 10.2 Å². The number of fused-ring (bicyclic) bond motifs is 1. The van der Waals surface area contributed by atoms with E-state index in [-0.39, 0.29) is 5.58 Å². The van der Waals surface area contributed by atoms with Gasteiger partial charge in [-0.3, -0.25) is 0 Å². The summed E-state index contributed by atoms with van der Waals surface area (Å²) in [6, 6.07) is 4.54. The first-order chi connectivity index (χ1) is 8.67. The normalized spacial score (nSPS) is 12.9. The molecule has 2 rings (SSSR count). The first-order valence-electron chi connectivity index (χ1n) is 5.24. The number of sulfone groups is 2. The quantitative estimate of drug-likeness (QED) is 0.802. The van der Waals surface area contributed by atoms with Crippen LogP contribution in [0.2, 0.25) is 0 Å². The average Bonchev–Trinajstić information content (AvgIpc) is 2.69. The third kappa shape index (κ3) is 3.24. The predicted molar refractivity (Wildman–Crippen MR) is 70.2 cm³/mol. The maximum Gasteiger partial charge on any atom is 0.316 e. The van der Waals surface area contributed by atoms with Crippen LogP contribution in [0, 0.1) is 0 Å². The molecular weight excluding hydrogens is 292 g/mol. The number of oxazole rings is 1. The molecule has 0 unspecified atom stereocenters. The number of nitrogens with two attached hydrogens (primary N) is 1. The number of hydrogen-bond donors (Lipinski definition) is 1. The summed E-state index contributed by atoms with van der Waals surface area (Å²) in [5.41, 5.74) is 6.58. The van der Waals surface area contributed by atoms with E-state index in [9.17, 15) is 16.8 Å². The van der Waals surface area contributed by atoms with Crippen LogP contribution in [0.15, 0.2) is 27.8 Å². The third-order valence-electron chi connectivity index (χ3n) is 2.38. The Hall–Kier alpha value is -1.61. The number of hydrogen-bond acceptors (Lipinski definition) is 7. The monoisotopic (exact) mass is 304 g/mol. The Kier molecular flexibility index (Phi) is 3.27. The third-order valence-corrected chi connectivity index (χ3v) is 5.03. The highest BCUT2D eigenvalue weighted by Gasteiger charge is 2.23. The van der Waals surface area contributed by atoms with Crippen LogP contribution in [0.1, 0.15) is 0 Å². The lowest BCUT2D eigenvalue weighted by atomic mass is 10.3. The van der Waals surface area contributed by atoms with Gasteiger partial charge in [0, 0.05) is 11.9 Å². The lowest BCUT2D eigenvalue weighted by Gasteiger charge is -1.97. The van der Waals surface area contributed by atoms with Gasteiger partial charge in [-0.1, -0.05) is 0 Å². The molecule has 2 N–H and O–H groups in total. The van der Waals surface area contributed by atoms with Crippen LogP contribution in [0.3, 0.4) is 0 Å². The molecule has 0 aliphatic carbocycles. The number of anilines is 1. The Morgan fingerprint density at radius 3 is 2.53 bits per heavy atom. The molecule has 0 radical (unpaired) electrons. The maximum absolute atomic E-state index is 11.9. The first-order valence-corrected chi connectivity index (χ1v) is 8.95. The van der Waals surface area contributed by atoms with Gasteiger partial charge < -0.3 is 10.2 Å². The topological polar surface area (TPSA) is 120 Å². The molecule has 1 aromatic carbocycles. The number of rotatable bonds is 4. The van der Waals surface area contributed by atoms with Gasteiger partial charge in [0.05, 0.1) is 11.5 Å². The van der Waals surface area contributed by atoms with Crippen molar-refractivity contribution < 1.29 is 21.3 Å². The molecular formula is C10H12N2O5S2. The minimum atomic E-state index is -3.87. The SMILES string of the molecule is CS(=O)(=O)CCS(=O)(=O)c1nc2cc(N)ccc2o1. The summed E-state index contributed by atoms with van der Waals surface area (Å²) in [7, 11) is -7.24. The zero-order valence-electron chi connectivity index (χ0n) is 10.0. The van der Waals surface area contributed by atoms with Gasteiger partial charge in [-0.25, -0.2) is 16.8 Å². The Labute approximate surface area is 110 Å². The maximum atomic E-state index is 11.9. The number of benzene rings is 1. The Morgan fingerprint density at radius 1 is 1.21 bits per heavy atom. The Bertz CT molecular complexity index is 821. The van der Waals surface area contributed by atoms with Crippen LogP contribution >= 0.6 is 0 Å². The summed E-state index contributed by atoms with van der Waals surface area (Å²) in [5, 5.41) is -0.489. The van der Waals surface area contributed by atoms with Gasteiger partial charge in [-0.05, 0) is 18.2 Å². The molecule has 1 aromatic heterocycles. The highest BCUT2D eigenvalue weighted by molar-refractivity contribution is 7.94. The second kappa shape index (κ2) is 4.49. The van der Waals surface area contributed by atoms with Crippen LogP contribution in [-0.4, -0.2) is 39.6 Å². The van der Waals surface area contributed by atoms with Gasteiger partial charge in [-0.15, -0.1) is 0 Å². The van der Waals surface area contributed by atoms with E-state index in [1.165, 1.54) is 12.1 Å². The summed E-state index contributed by atoms with van der Waals surface area (Å²) in [5.74, 6) is -1.04. The van der Waals surface area contributed by atoms with Gasteiger partial charge in [0.15, 0.2) is 5.58 Å². The van der Waals surface area contributed by atoms with Crippen molar-refractivity contribution in [1.82, 2.24) is 4.98 Å². The van der Waals surface area contributed by atoms with Crippen LogP contribution in [0.5, 0.6) is 0 Å². The van der Waals surface area contributed by atoms with Crippen LogP contribution in [-0.2, 0) is 19.7 Å². The number of nitrogens with zero attached hydrogens (tertiary/aromatic N) is 1. The largest absolute Gasteiger partial charge is 0.428 e. The van der Waals surface area contributed by atoms with E-state index < -0.39 is 36.4 Å². The molecule has 104 valence electrons. The van der Waals surface area contributed by atoms with E-state index in [1.807, 2.05) is 0 Å². The molecule has 1 heterocycles. The van der Waals surface area contributed by atoms with E-state index in [0.717, 1.165) is 6.26 Å². The second-order valence-corrected chi connectivity index (χ2v) is 8.40. The van der Waals surface area contributed by atoms with Crippen molar-refractivity contribution in [2.24, 2.45) is 0 Å². The molecule has 0 spiro atoms. The molecule has 0 fully saturated rings. The molecule has 9 heteroatoms. The minimum Gasteiger partial charge on any atom is -0.428 e. The van der Waals surface area contributed by atoms with Gasteiger partial charge in [0.2, 0.25) is 9.84 Å². The Morgan fingerprint density at radius 2 is 1.89 bits per heavy atom. The average molecular weight is 304 g/mol. The van der Waals surface area contributed by atoms with Crippen LogP contribution in [0.25, 0.3) is 11.1 Å². The fourth-order valence-electron chi connectivity index (χ4n) is 1.40. The fraction of sp³-hybridized carbons (Fsp3) is 0.300. The lowest BCUT2D eigenvalue weighted by Crippen LogP contribution is -2.16. The molecule has 0 saturated carbocycles. The molecule has 0 aliphatic rings. The summed E-state index contributed by atoms with van der Waals surface area (Å²) < 4.78 is 50.9. The van der Waals surface area contributed by atoms with Crippen molar-refractivity contribution >= 4 is 36.5 Å². The smallest absolute Gasteiger partial charge is 0.316 e. The summed E-state index contributed by atoms with van der Waals surface area (Å²) >= 11 is 0. The molecule has 0 aliphatic heterocycles. The van der Waals surface area contributed by atoms with Crippen molar-refractivity contribution in [3.63, 3.8) is 0 Å². The Balaban J connectivity index is 2.38. The number of aromatic nitrogens is 1. The van der Waals surface area contributed by atoms with Crippen molar-refractivity contribution in [3.8, 4) is 0 Å². The molecule has 7 nitrogen and oxygen atoms in total. The van der Waals surface area contributed by atoms with Gasteiger partial charge in [-0.2, -0.15) is 4.98 Å². The van der Waals surface area contributed by atoms with E-state index in [1.54, 1.807) is 6.07 Å². The van der Waals surface area contributed by atoms with Gasteiger partial charge >= 0.3 is 5.22 Å². The second-order valence-electron chi connectivity index (χ2n) is 4.16. The predicted octanol–water partition coefficient (Wildman–Crippen LogP) is 0.228. The van der Waals surface area contributed by atoms with Crippen LogP contribution in [0.4, 0.5) is 5.69 Å². The molecule has 0 bridgehead atoms. The van der Waals surface area contributed by atoms with Gasteiger partial charge in [0.1, 0.15) is 15.4 Å². The lowest BCUT2D eigenvalue weighted by molar-refractivity contribution is 0.459. The van der Waals surface area contributed by atoms with Crippen molar-refractivity contribution in [2.45, 2.75) is 5.22 Å². The van der Waals surface area contributed by atoms with E-state index in [2.05, 4.69) is 4.98 Å². The van der Waals surface area contributed by atoms with E-state index in [0.29, 0.717) is 11.2 Å². The zero-order chi connectivity index (χ0) is 14.3. The van der Waals surface area contributed by atoms with Crippen molar-refractivity contribution in [1.29, 1.82) is 0 Å².